The Balaban J connectivity index is 2.17. The lowest BCUT2D eigenvalue weighted by Gasteiger charge is -2.41. The fourth-order valence-corrected chi connectivity index (χ4v) is 3.50. The Labute approximate surface area is 120 Å². The highest BCUT2D eigenvalue weighted by Gasteiger charge is 2.38. The van der Waals surface area contributed by atoms with Crippen molar-refractivity contribution in [2.45, 2.75) is 51.0 Å². The van der Waals surface area contributed by atoms with Crippen molar-refractivity contribution in [3.05, 3.63) is 10.6 Å². The van der Waals surface area contributed by atoms with E-state index in [4.69, 9.17) is 0 Å². The summed E-state index contributed by atoms with van der Waals surface area (Å²) in [6.45, 7) is 6.14. The number of halogens is 1. The van der Waals surface area contributed by atoms with Crippen LogP contribution < -0.4 is 5.32 Å². The van der Waals surface area contributed by atoms with Gasteiger partial charge in [0.1, 0.15) is 4.88 Å². The number of alkyl halides is 1. The van der Waals surface area contributed by atoms with Gasteiger partial charge in [0.2, 0.25) is 0 Å². The number of hydrogen-bond acceptors (Lipinski definition) is 4. The molecule has 4 nitrogen and oxygen atoms in total. The minimum absolute atomic E-state index is 0.0333. The van der Waals surface area contributed by atoms with Crippen LogP contribution in [0.3, 0.4) is 0 Å². The first-order valence-corrected chi connectivity index (χ1v) is 7.99. The third-order valence-electron chi connectivity index (χ3n) is 3.35. The number of rotatable bonds is 3. The molecule has 1 fully saturated rings. The molecule has 0 unspecified atom stereocenters. The summed E-state index contributed by atoms with van der Waals surface area (Å²) in [4.78, 5) is 13.0. The first-order valence-electron chi connectivity index (χ1n) is 6.09. The molecule has 1 heterocycles. The topological polar surface area (TPSA) is 54.9 Å². The molecule has 0 atom stereocenters. The number of amides is 1. The van der Waals surface area contributed by atoms with Gasteiger partial charge in [0.05, 0.1) is 11.2 Å². The van der Waals surface area contributed by atoms with Crippen LogP contribution >= 0.6 is 27.5 Å². The fraction of sp³-hybridized carbons (Fsp3) is 0.750. The molecule has 0 aromatic carbocycles. The predicted molar refractivity (Wildman–Crippen MR) is 76.5 cm³/mol. The van der Waals surface area contributed by atoms with Crippen LogP contribution in [0.1, 0.15) is 55.4 Å². The smallest absolute Gasteiger partial charge is 0.265 e. The zero-order chi connectivity index (χ0) is 13.4. The first kappa shape index (κ1) is 13.9. The van der Waals surface area contributed by atoms with Gasteiger partial charge in [-0.3, -0.25) is 4.79 Å². The predicted octanol–water partition coefficient (Wildman–Crippen LogP) is 2.88. The van der Waals surface area contributed by atoms with Crippen LogP contribution in [0.2, 0.25) is 0 Å². The Morgan fingerprint density at radius 2 is 2.17 bits per heavy atom. The zero-order valence-corrected chi connectivity index (χ0v) is 13.3. The fourth-order valence-electron chi connectivity index (χ4n) is 2.02. The molecule has 6 heteroatoms. The van der Waals surface area contributed by atoms with Crippen LogP contribution in [0, 0.1) is 0 Å². The van der Waals surface area contributed by atoms with Gasteiger partial charge in [0, 0.05) is 10.7 Å². The molecule has 1 aliphatic carbocycles. The molecule has 2 rings (SSSR count). The van der Waals surface area contributed by atoms with Crippen molar-refractivity contribution in [1.29, 1.82) is 0 Å². The zero-order valence-electron chi connectivity index (χ0n) is 10.9. The van der Waals surface area contributed by atoms with Crippen LogP contribution in [0.15, 0.2) is 0 Å². The molecule has 0 bridgehead atoms. The summed E-state index contributed by atoms with van der Waals surface area (Å²) < 4.78 is 3.93. The second-order valence-electron chi connectivity index (χ2n) is 5.92. The number of nitrogens with zero attached hydrogens (tertiary/aromatic N) is 2. The average molecular weight is 332 g/mol. The highest BCUT2D eigenvalue weighted by molar-refractivity contribution is 9.09. The Morgan fingerprint density at radius 1 is 1.50 bits per heavy atom. The summed E-state index contributed by atoms with van der Waals surface area (Å²) in [5, 5.41) is 8.05. The van der Waals surface area contributed by atoms with Crippen LogP contribution in [0.4, 0.5) is 0 Å². The first-order chi connectivity index (χ1) is 8.38. The monoisotopic (exact) mass is 331 g/mol. The second kappa shape index (κ2) is 4.89. The van der Waals surface area contributed by atoms with E-state index in [0.29, 0.717) is 4.88 Å². The van der Waals surface area contributed by atoms with Crippen molar-refractivity contribution in [3.63, 3.8) is 0 Å². The molecule has 100 valence electrons. The normalized spacial score (nSPS) is 18.2. The van der Waals surface area contributed by atoms with Gasteiger partial charge in [0.15, 0.2) is 0 Å². The third kappa shape index (κ3) is 2.59. The third-order valence-corrected chi connectivity index (χ3v) is 5.15. The average Bonchev–Trinajstić information content (AvgIpc) is 2.71. The van der Waals surface area contributed by atoms with Crippen molar-refractivity contribution in [2.75, 3.05) is 5.33 Å². The van der Waals surface area contributed by atoms with Crippen molar-refractivity contribution in [1.82, 2.24) is 14.9 Å². The summed E-state index contributed by atoms with van der Waals surface area (Å²) in [5.41, 5.74) is 0.575. The molecule has 1 N–H and O–H groups in total. The van der Waals surface area contributed by atoms with E-state index in [9.17, 15) is 4.79 Å². The summed E-state index contributed by atoms with van der Waals surface area (Å²) in [5.74, 6) is -0.0333. The second-order valence-corrected chi connectivity index (χ2v) is 7.24. The molecule has 1 saturated carbocycles. The maximum atomic E-state index is 12.3. The molecule has 1 amide bonds. The van der Waals surface area contributed by atoms with E-state index in [0.717, 1.165) is 23.9 Å². The van der Waals surface area contributed by atoms with Crippen molar-refractivity contribution in [3.8, 4) is 0 Å². The van der Waals surface area contributed by atoms with Gasteiger partial charge in [-0.05, 0) is 30.8 Å². The van der Waals surface area contributed by atoms with E-state index in [-0.39, 0.29) is 16.9 Å². The molecule has 18 heavy (non-hydrogen) atoms. The minimum atomic E-state index is -0.152. The largest absolute Gasteiger partial charge is 0.345 e. The molecule has 0 radical (unpaired) electrons. The van der Waals surface area contributed by atoms with Gasteiger partial charge in [-0.1, -0.05) is 41.2 Å². The number of hydrogen-bond donors (Lipinski definition) is 1. The number of aromatic nitrogens is 2. The summed E-state index contributed by atoms with van der Waals surface area (Å²) >= 11 is 4.67. The van der Waals surface area contributed by atoms with Crippen LogP contribution in [0.25, 0.3) is 0 Å². The van der Waals surface area contributed by atoms with Crippen molar-refractivity contribution >= 4 is 33.4 Å². The maximum absolute atomic E-state index is 12.3. The molecule has 0 spiro atoms. The molecular weight excluding hydrogens is 314 g/mol. The molecule has 0 saturated heterocycles. The lowest BCUT2D eigenvalue weighted by atomic mass is 9.78. The highest BCUT2D eigenvalue weighted by Crippen LogP contribution is 2.34. The number of carbonyl (C=O) groups excluding carboxylic acids is 1. The van der Waals surface area contributed by atoms with E-state index in [1.54, 1.807) is 0 Å². The molecule has 1 aromatic heterocycles. The van der Waals surface area contributed by atoms with Gasteiger partial charge < -0.3 is 5.32 Å². The highest BCUT2D eigenvalue weighted by atomic mass is 79.9. The van der Waals surface area contributed by atoms with Crippen LogP contribution in [-0.2, 0) is 5.41 Å². The van der Waals surface area contributed by atoms with Gasteiger partial charge in [-0.15, -0.1) is 5.10 Å². The number of nitrogens with one attached hydrogen (secondary N) is 1. The van der Waals surface area contributed by atoms with Gasteiger partial charge in [-0.2, -0.15) is 0 Å². The van der Waals surface area contributed by atoms with Crippen molar-refractivity contribution in [2.24, 2.45) is 0 Å². The Bertz CT molecular complexity index is 443. The van der Waals surface area contributed by atoms with E-state index in [2.05, 4.69) is 30.8 Å². The number of carbonyl (C=O) groups is 1. The lowest BCUT2D eigenvalue weighted by molar-refractivity contribution is 0.0858. The minimum Gasteiger partial charge on any atom is -0.345 e. The van der Waals surface area contributed by atoms with Crippen LogP contribution in [0.5, 0.6) is 0 Å². The van der Waals surface area contributed by atoms with Gasteiger partial charge in [0.25, 0.3) is 5.91 Å². The Morgan fingerprint density at radius 3 is 2.61 bits per heavy atom. The molecule has 1 aliphatic rings. The summed E-state index contributed by atoms with van der Waals surface area (Å²) in [7, 11) is 0. The quantitative estimate of drug-likeness (QED) is 0.866. The van der Waals surface area contributed by atoms with Gasteiger partial charge in [-0.25, -0.2) is 0 Å². The van der Waals surface area contributed by atoms with E-state index in [1.807, 2.05) is 20.8 Å². The molecule has 1 aromatic rings. The summed E-state index contributed by atoms with van der Waals surface area (Å²) in [6, 6.07) is 0. The van der Waals surface area contributed by atoms with Crippen molar-refractivity contribution < 1.29 is 4.79 Å². The lowest BCUT2D eigenvalue weighted by Crippen LogP contribution is -2.55. The Hall–Kier alpha value is -0.490. The van der Waals surface area contributed by atoms with E-state index >= 15 is 0 Å². The maximum Gasteiger partial charge on any atom is 0.265 e. The molecule has 0 aliphatic heterocycles. The molecular formula is C12H18BrN3OS. The Kier molecular flexibility index (Phi) is 3.78. The summed E-state index contributed by atoms with van der Waals surface area (Å²) in [6.07, 6.45) is 3.26. The van der Waals surface area contributed by atoms with E-state index < -0.39 is 0 Å². The van der Waals surface area contributed by atoms with E-state index in [1.165, 1.54) is 18.0 Å². The standard InChI is InChI=1S/C12H18BrN3OS/c1-11(2,3)9-8(18-16-15-9)10(17)14-12(7-13)5-4-6-12/h4-7H2,1-3H3,(H,14,17). The SMILES string of the molecule is CC(C)(C)c1nnsc1C(=O)NC1(CBr)CCC1. The van der Waals surface area contributed by atoms with Crippen LogP contribution in [-0.4, -0.2) is 26.4 Å². The van der Waals surface area contributed by atoms with Gasteiger partial charge >= 0.3 is 0 Å².